The third kappa shape index (κ3) is 3.69. The second-order valence-corrected chi connectivity index (χ2v) is 10.9. The topological polar surface area (TPSA) is 105 Å². The van der Waals surface area contributed by atoms with Gasteiger partial charge in [-0.2, -0.15) is 8.78 Å². The van der Waals surface area contributed by atoms with Gasteiger partial charge in [0.05, 0.1) is 34.7 Å². The predicted octanol–water partition coefficient (Wildman–Crippen LogP) is 4.06. The van der Waals surface area contributed by atoms with Gasteiger partial charge in [-0.1, -0.05) is 6.07 Å². The number of anilines is 1. The van der Waals surface area contributed by atoms with Gasteiger partial charge in [-0.15, -0.1) is 0 Å². The van der Waals surface area contributed by atoms with Gasteiger partial charge in [-0.05, 0) is 32.0 Å². The van der Waals surface area contributed by atoms with Crippen LogP contribution in [-0.4, -0.2) is 50.2 Å². The van der Waals surface area contributed by atoms with Crippen LogP contribution in [0.1, 0.15) is 49.6 Å². The average molecular weight is 551 g/mol. The molecule has 7 rings (SSSR count). The van der Waals surface area contributed by atoms with E-state index in [2.05, 4.69) is 15.3 Å². The van der Waals surface area contributed by atoms with E-state index in [-0.39, 0.29) is 29.0 Å². The second kappa shape index (κ2) is 8.73. The lowest BCUT2D eigenvalue weighted by molar-refractivity contribution is -0.124. The van der Waals surface area contributed by atoms with Crippen LogP contribution < -0.4 is 15.0 Å². The number of hydrogen-bond donors (Lipinski definition) is 2. The molecule has 2 N–H and O–H groups in total. The predicted molar refractivity (Wildman–Crippen MR) is 138 cm³/mol. The molecule has 4 aromatic rings. The molecule has 1 amide bonds. The molecule has 0 radical (unpaired) electrons. The number of benzene rings is 2. The number of nitrogens with zero attached hydrogens (tertiary/aromatic N) is 5. The van der Waals surface area contributed by atoms with Gasteiger partial charge >= 0.3 is 6.61 Å². The quantitative estimate of drug-likeness (QED) is 0.386. The van der Waals surface area contributed by atoms with Crippen molar-refractivity contribution in [2.75, 3.05) is 18.0 Å². The Kier molecular flexibility index (Phi) is 5.45. The van der Waals surface area contributed by atoms with Crippen molar-refractivity contribution < 1.29 is 27.8 Å². The molecule has 0 unspecified atom stereocenters. The average Bonchev–Trinajstić information content (AvgIpc) is 3.37. The van der Waals surface area contributed by atoms with Gasteiger partial charge in [0.1, 0.15) is 23.0 Å². The van der Waals surface area contributed by atoms with Crippen LogP contribution in [0.4, 0.5) is 18.9 Å². The number of hydrogen-bond acceptors (Lipinski definition) is 7. The van der Waals surface area contributed by atoms with Crippen molar-refractivity contribution in [1.29, 1.82) is 0 Å². The molecule has 1 saturated heterocycles. The summed E-state index contributed by atoms with van der Waals surface area (Å²) in [4.78, 5) is 28.5. The zero-order chi connectivity index (χ0) is 27.9. The number of aliphatic hydroxyl groups is 1. The minimum atomic E-state index is -3.04. The number of aromatic nitrogens is 4. The Bertz CT molecular complexity index is 1660. The SMILES string of the molecule is CC(C)(O)c1ncc(-c2cc3c(cc2F)nc2n3[C@@H]3C[C@H]2N(C(=O)C2CNC2)c2cccc(OC(F)F)c23)cn1. The highest BCUT2D eigenvalue weighted by atomic mass is 19.3. The van der Waals surface area contributed by atoms with Gasteiger partial charge in [0.15, 0.2) is 5.82 Å². The van der Waals surface area contributed by atoms with E-state index in [1.807, 2.05) is 4.57 Å². The number of ether oxygens (including phenoxy) is 1. The fourth-order valence-corrected chi connectivity index (χ4v) is 5.97. The van der Waals surface area contributed by atoms with Crippen LogP contribution in [0.15, 0.2) is 42.7 Å². The number of rotatable bonds is 5. The summed E-state index contributed by atoms with van der Waals surface area (Å²) in [6.45, 7) is 1.14. The number of amides is 1. The van der Waals surface area contributed by atoms with Gasteiger partial charge in [-0.25, -0.2) is 19.3 Å². The molecule has 5 heterocycles. The Hall–Kier alpha value is -4.03. The van der Waals surface area contributed by atoms with E-state index in [0.29, 0.717) is 53.2 Å². The zero-order valence-electron chi connectivity index (χ0n) is 21.6. The van der Waals surface area contributed by atoms with Gasteiger partial charge in [0.25, 0.3) is 0 Å². The van der Waals surface area contributed by atoms with Gasteiger partial charge in [0.2, 0.25) is 5.91 Å². The molecular weight excluding hydrogens is 525 g/mol. The van der Waals surface area contributed by atoms with Crippen molar-refractivity contribution in [3.05, 3.63) is 65.8 Å². The number of alkyl halides is 2. The van der Waals surface area contributed by atoms with Crippen LogP contribution in [0.5, 0.6) is 5.75 Å². The summed E-state index contributed by atoms with van der Waals surface area (Å²) in [5.74, 6) is -0.137. The number of fused-ring (bicyclic) bond motifs is 3. The van der Waals surface area contributed by atoms with Crippen LogP contribution >= 0.6 is 0 Å². The van der Waals surface area contributed by atoms with E-state index in [1.165, 1.54) is 24.5 Å². The number of nitrogens with one attached hydrogen (secondary N) is 1. The Morgan fingerprint density at radius 3 is 2.58 bits per heavy atom. The lowest BCUT2D eigenvalue weighted by atomic mass is 9.90. The van der Waals surface area contributed by atoms with Crippen LogP contribution in [0, 0.1) is 11.7 Å². The molecule has 2 atom stereocenters. The van der Waals surface area contributed by atoms with Crippen LogP contribution in [-0.2, 0) is 10.4 Å². The first-order valence-corrected chi connectivity index (χ1v) is 13.0. The summed E-state index contributed by atoms with van der Waals surface area (Å²) < 4.78 is 49.1. The van der Waals surface area contributed by atoms with E-state index in [9.17, 15) is 18.7 Å². The molecule has 0 spiro atoms. The Balaban J connectivity index is 1.40. The third-order valence-corrected chi connectivity index (χ3v) is 7.90. The number of carbonyl (C=O) groups excluding carboxylic acids is 1. The van der Waals surface area contributed by atoms with E-state index < -0.39 is 30.1 Å². The maximum atomic E-state index is 15.4. The lowest BCUT2D eigenvalue weighted by Crippen LogP contribution is -2.53. The van der Waals surface area contributed by atoms with E-state index >= 15 is 4.39 Å². The normalized spacial score (nSPS) is 20.0. The molecule has 0 saturated carbocycles. The van der Waals surface area contributed by atoms with Crippen molar-refractivity contribution in [3.63, 3.8) is 0 Å². The van der Waals surface area contributed by atoms with Crippen molar-refractivity contribution in [1.82, 2.24) is 24.8 Å². The van der Waals surface area contributed by atoms with Crippen molar-refractivity contribution in [3.8, 4) is 16.9 Å². The Morgan fingerprint density at radius 1 is 1.18 bits per heavy atom. The minimum absolute atomic E-state index is 0.00636. The summed E-state index contributed by atoms with van der Waals surface area (Å²) in [6, 6.07) is 6.89. The molecule has 3 aliphatic rings. The minimum Gasteiger partial charge on any atom is -0.434 e. The summed E-state index contributed by atoms with van der Waals surface area (Å²) in [5.41, 5.74) is 1.34. The maximum absolute atomic E-state index is 15.4. The van der Waals surface area contributed by atoms with Crippen molar-refractivity contribution in [2.24, 2.45) is 5.92 Å². The molecule has 0 aliphatic carbocycles. The van der Waals surface area contributed by atoms with Crippen molar-refractivity contribution in [2.45, 2.75) is 44.6 Å². The van der Waals surface area contributed by atoms with Crippen molar-refractivity contribution >= 4 is 22.6 Å². The third-order valence-electron chi connectivity index (χ3n) is 7.90. The zero-order valence-corrected chi connectivity index (χ0v) is 21.6. The molecule has 2 bridgehead atoms. The van der Waals surface area contributed by atoms with Crippen LogP contribution in [0.25, 0.3) is 22.2 Å². The maximum Gasteiger partial charge on any atom is 0.387 e. The molecule has 9 nitrogen and oxygen atoms in total. The van der Waals surface area contributed by atoms with E-state index in [4.69, 9.17) is 9.72 Å². The smallest absolute Gasteiger partial charge is 0.387 e. The molecule has 12 heteroatoms. The number of halogens is 3. The molecular formula is C28H25F3N6O3. The standard InChI is InChI=1S/C28H25F3N6O3/c1-28(2,39)26-33-11-13(12-34-26)15-6-19-17(7-16(15)29)35-24-21-8-20(36(19)24)23-18(4-3-5-22(23)40-27(30)31)37(21)25(38)14-9-32-10-14/h3-7,11-12,14,20-21,27,32,39H,8-10H2,1-2H3/t20-,21-/m1/s1. The highest BCUT2D eigenvalue weighted by Crippen LogP contribution is 2.55. The number of carbonyl (C=O) groups is 1. The first-order chi connectivity index (χ1) is 19.1. The fourth-order valence-electron chi connectivity index (χ4n) is 5.97. The monoisotopic (exact) mass is 550 g/mol. The molecule has 2 aromatic carbocycles. The highest BCUT2D eigenvalue weighted by molar-refractivity contribution is 5.99. The van der Waals surface area contributed by atoms with Crippen LogP contribution in [0.3, 0.4) is 0 Å². The van der Waals surface area contributed by atoms with E-state index in [0.717, 1.165) is 0 Å². The molecule has 2 aromatic heterocycles. The molecule has 3 aliphatic heterocycles. The summed E-state index contributed by atoms with van der Waals surface area (Å²) >= 11 is 0. The summed E-state index contributed by atoms with van der Waals surface area (Å²) in [5, 5.41) is 13.3. The first kappa shape index (κ1) is 25.0. The van der Waals surface area contributed by atoms with Crippen LogP contribution in [0.2, 0.25) is 0 Å². The summed E-state index contributed by atoms with van der Waals surface area (Å²) in [6.07, 6.45) is 3.32. The highest BCUT2D eigenvalue weighted by Gasteiger charge is 2.49. The van der Waals surface area contributed by atoms with Gasteiger partial charge in [0, 0.05) is 54.7 Å². The number of imidazole rings is 1. The second-order valence-electron chi connectivity index (χ2n) is 10.9. The van der Waals surface area contributed by atoms with Gasteiger partial charge < -0.3 is 24.6 Å². The summed E-state index contributed by atoms with van der Waals surface area (Å²) in [7, 11) is 0. The molecule has 1 fully saturated rings. The van der Waals surface area contributed by atoms with E-state index in [1.54, 1.807) is 36.9 Å². The molecule has 40 heavy (non-hydrogen) atoms. The Morgan fingerprint density at radius 2 is 1.93 bits per heavy atom. The molecule has 206 valence electrons. The fraction of sp³-hybridized carbons (Fsp3) is 0.357. The van der Waals surface area contributed by atoms with Gasteiger partial charge in [-0.3, -0.25) is 4.79 Å². The Labute approximate surface area is 226 Å². The first-order valence-electron chi connectivity index (χ1n) is 13.0. The lowest BCUT2D eigenvalue weighted by Gasteiger charge is -2.39. The largest absolute Gasteiger partial charge is 0.434 e.